The Morgan fingerprint density at radius 3 is 3.04 bits per heavy atom. The number of rotatable bonds is 5. The SMILES string of the molecule is O=C(Cn1nnc(COc2ccccc2)n1)N1CCO[C@@H]2CCC[C@H]21. The lowest BCUT2D eigenvalue weighted by Crippen LogP contribution is -2.52. The van der Waals surface area contributed by atoms with Gasteiger partial charge in [-0.3, -0.25) is 4.79 Å². The molecule has 2 heterocycles. The highest BCUT2D eigenvalue weighted by molar-refractivity contribution is 5.76. The molecule has 1 aliphatic heterocycles. The molecule has 0 unspecified atom stereocenters. The first-order valence-corrected chi connectivity index (χ1v) is 8.65. The van der Waals surface area contributed by atoms with E-state index in [1.54, 1.807) is 0 Å². The average molecular weight is 343 g/mol. The van der Waals surface area contributed by atoms with Crippen LogP contribution >= 0.6 is 0 Å². The lowest BCUT2D eigenvalue weighted by Gasteiger charge is -2.37. The number of aromatic nitrogens is 4. The molecule has 0 bridgehead atoms. The van der Waals surface area contributed by atoms with Gasteiger partial charge in [-0.1, -0.05) is 18.2 Å². The summed E-state index contributed by atoms with van der Waals surface area (Å²) in [5.41, 5.74) is 0. The van der Waals surface area contributed by atoms with Gasteiger partial charge in [0, 0.05) is 6.54 Å². The zero-order valence-electron chi connectivity index (χ0n) is 14.0. The molecule has 1 aliphatic carbocycles. The van der Waals surface area contributed by atoms with Gasteiger partial charge in [0.1, 0.15) is 12.3 Å². The van der Waals surface area contributed by atoms with Crippen molar-refractivity contribution in [3.05, 3.63) is 36.2 Å². The highest BCUT2D eigenvalue weighted by Crippen LogP contribution is 2.29. The Morgan fingerprint density at radius 2 is 2.16 bits per heavy atom. The summed E-state index contributed by atoms with van der Waals surface area (Å²) in [5, 5.41) is 12.2. The number of hydrogen-bond acceptors (Lipinski definition) is 6. The van der Waals surface area contributed by atoms with Crippen LogP contribution in [0.5, 0.6) is 5.75 Å². The first-order chi connectivity index (χ1) is 12.3. The van der Waals surface area contributed by atoms with Crippen molar-refractivity contribution in [1.29, 1.82) is 0 Å². The summed E-state index contributed by atoms with van der Waals surface area (Å²) in [6, 6.07) is 9.65. The van der Waals surface area contributed by atoms with E-state index in [0.29, 0.717) is 19.0 Å². The number of hydrogen-bond donors (Lipinski definition) is 0. The minimum absolute atomic E-state index is 0.0214. The standard InChI is InChI=1S/C17H21N5O3/c23-17(21-9-10-24-15-8-4-7-14(15)21)11-22-19-16(18-20-22)12-25-13-5-2-1-3-6-13/h1-3,5-6,14-15H,4,7-12H2/t14-,15-/m1/s1. The van der Waals surface area contributed by atoms with Crippen molar-refractivity contribution in [2.75, 3.05) is 13.2 Å². The smallest absolute Gasteiger partial charge is 0.246 e. The van der Waals surface area contributed by atoms with E-state index in [1.165, 1.54) is 4.80 Å². The molecule has 0 N–H and O–H groups in total. The highest BCUT2D eigenvalue weighted by atomic mass is 16.5. The second-order valence-electron chi connectivity index (χ2n) is 6.33. The first-order valence-electron chi connectivity index (χ1n) is 8.65. The molecule has 1 amide bonds. The molecule has 2 aliphatic rings. The molecule has 25 heavy (non-hydrogen) atoms. The molecule has 1 aromatic heterocycles. The molecular formula is C17H21N5O3. The predicted octanol–water partition coefficient (Wildman–Crippen LogP) is 1.03. The maximum absolute atomic E-state index is 12.6. The first kappa shape index (κ1) is 16.0. The fourth-order valence-electron chi connectivity index (χ4n) is 3.51. The van der Waals surface area contributed by atoms with Crippen LogP contribution in [0.15, 0.2) is 30.3 Å². The molecule has 1 saturated carbocycles. The number of benzene rings is 1. The van der Waals surface area contributed by atoms with Gasteiger partial charge < -0.3 is 14.4 Å². The van der Waals surface area contributed by atoms with Crippen LogP contribution in [0.4, 0.5) is 0 Å². The zero-order chi connectivity index (χ0) is 17.1. The molecular weight excluding hydrogens is 322 g/mol. The van der Waals surface area contributed by atoms with E-state index >= 15 is 0 Å². The van der Waals surface area contributed by atoms with E-state index in [4.69, 9.17) is 9.47 Å². The summed E-state index contributed by atoms with van der Waals surface area (Å²) in [5.74, 6) is 1.22. The number of fused-ring (bicyclic) bond motifs is 1. The van der Waals surface area contributed by atoms with Crippen LogP contribution in [0.3, 0.4) is 0 Å². The van der Waals surface area contributed by atoms with Crippen molar-refractivity contribution < 1.29 is 14.3 Å². The number of tetrazole rings is 1. The normalized spacial score (nSPS) is 22.6. The molecule has 2 fully saturated rings. The molecule has 0 spiro atoms. The lowest BCUT2D eigenvalue weighted by atomic mass is 10.1. The Morgan fingerprint density at radius 1 is 1.28 bits per heavy atom. The second kappa shape index (κ2) is 7.18. The average Bonchev–Trinajstić information content (AvgIpc) is 3.29. The number of morpholine rings is 1. The Bertz CT molecular complexity index is 720. The summed E-state index contributed by atoms with van der Waals surface area (Å²) in [4.78, 5) is 15.9. The van der Waals surface area contributed by atoms with E-state index in [0.717, 1.165) is 25.0 Å². The van der Waals surface area contributed by atoms with E-state index in [2.05, 4.69) is 15.4 Å². The van der Waals surface area contributed by atoms with Crippen molar-refractivity contribution in [3.63, 3.8) is 0 Å². The van der Waals surface area contributed by atoms with Crippen LogP contribution in [0.25, 0.3) is 0 Å². The molecule has 8 nitrogen and oxygen atoms in total. The van der Waals surface area contributed by atoms with Crippen molar-refractivity contribution in [1.82, 2.24) is 25.1 Å². The minimum atomic E-state index is 0.0214. The molecule has 1 aromatic carbocycles. The van der Waals surface area contributed by atoms with Gasteiger partial charge in [-0.15, -0.1) is 10.2 Å². The van der Waals surface area contributed by atoms with Crippen molar-refractivity contribution in [2.24, 2.45) is 0 Å². The summed E-state index contributed by atoms with van der Waals surface area (Å²) in [6.07, 6.45) is 3.35. The number of carbonyl (C=O) groups excluding carboxylic acids is 1. The van der Waals surface area contributed by atoms with Gasteiger partial charge in [-0.25, -0.2) is 0 Å². The molecule has 132 valence electrons. The second-order valence-corrected chi connectivity index (χ2v) is 6.33. The molecule has 2 aromatic rings. The van der Waals surface area contributed by atoms with Crippen LogP contribution in [-0.4, -0.2) is 56.3 Å². The van der Waals surface area contributed by atoms with Gasteiger partial charge >= 0.3 is 0 Å². The third kappa shape index (κ3) is 3.63. The molecule has 1 saturated heterocycles. The Balaban J connectivity index is 1.33. The Kier molecular flexibility index (Phi) is 4.60. The minimum Gasteiger partial charge on any atom is -0.485 e. The zero-order valence-corrected chi connectivity index (χ0v) is 14.0. The van der Waals surface area contributed by atoms with Crippen LogP contribution < -0.4 is 4.74 Å². The lowest BCUT2D eigenvalue weighted by molar-refractivity contribution is -0.145. The summed E-state index contributed by atoms with van der Waals surface area (Å²) < 4.78 is 11.3. The van der Waals surface area contributed by atoms with Crippen molar-refractivity contribution >= 4 is 5.91 Å². The monoisotopic (exact) mass is 343 g/mol. The third-order valence-electron chi connectivity index (χ3n) is 4.68. The largest absolute Gasteiger partial charge is 0.485 e. The number of carbonyl (C=O) groups is 1. The number of para-hydroxylation sites is 1. The van der Waals surface area contributed by atoms with Crippen LogP contribution in [0.2, 0.25) is 0 Å². The third-order valence-corrected chi connectivity index (χ3v) is 4.68. The number of ether oxygens (including phenoxy) is 2. The van der Waals surface area contributed by atoms with Crippen LogP contribution in [0.1, 0.15) is 25.1 Å². The predicted molar refractivity (Wildman–Crippen MR) is 87.7 cm³/mol. The molecule has 2 atom stereocenters. The summed E-state index contributed by atoms with van der Waals surface area (Å²) >= 11 is 0. The topological polar surface area (TPSA) is 82.4 Å². The van der Waals surface area contributed by atoms with Crippen LogP contribution in [0, 0.1) is 0 Å². The molecule has 4 rings (SSSR count). The maximum Gasteiger partial charge on any atom is 0.246 e. The van der Waals surface area contributed by atoms with Crippen molar-refractivity contribution in [3.8, 4) is 5.75 Å². The van der Waals surface area contributed by atoms with Gasteiger partial charge in [0.15, 0.2) is 6.61 Å². The highest BCUT2D eigenvalue weighted by Gasteiger charge is 2.38. The van der Waals surface area contributed by atoms with Gasteiger partial charge in [0.05, 0.1) is 18.8 Å². The van der Waals surface area contributed by atoms with Crippen molar-refractivity contribution in [2.45, 2.75) is 44.6 Å². The quantitative estimate of drug-likeness (QED) is 0.806. The van der Waals surface area contributed by atoms with E-state index in [9.17, 15) is 4.79 Å². The molecule has 0 radical (unpaired) electrons. The van der Waals surface area contributed by atoms with Crippen LogP contribution in [-0.2, 0) is 22.7 Å². The Hall–Kier alpha value is -2.48. The number of nitrogens with zero attached hydrogens (tertiary/aromatic N) is 5. The Labute approximate surface area is 145 Å². The van der Waals surface area contributed by atoms with Gasteiger partial charge in [-0.2, -0.15) is 4.80 Å². The van der Waals surface area contributed by atoms with Gasteiger partial charge in [-0.05, 0) is 36.6 Å². The maximum atomic E-state index is 12.6. The fourth-order valence-corrected chi connectivity index (χ4v) is 3.51. The van der Waals surface area contributed by atoms with E-state index in [-0.39, 0.29) is 31.2 Å². The number of amides is 1. The summed E-state index contributed by atoms with van der Waals surface area (Å²) in [7, 11) is 0. The molecule has 8 heteroatoms. The fraction of sp³-hybridized carbons (Fsp3) is 0.529. The van der Waals surface area contributed by atoms with Gasteiger partial charge in [0.25, 0.3) is 0 Å². The summed E-state index contributed by atoms with van der Waals surface area (Å²) in [6.45, 7) is 1.56. The van der Waals surface area contributed by atoms with E-state index in [1.807, 2.05) is 35.2 Å². The van der Waals surface area contributed by atoms with Gasteiger partial charge in [0.2, 0.25) is 11.7 Å². The van der Waals surface area contributed by atoms with E-state index < -0.39 is 0 Å².